The van der Waals surface area contributed by atoms with Gasteiger partial charge in [-0.2, -0.15) is 0 Å². The Hall–Kier alpha value is -3.57. The second-order valence-corrected chi connectivity index (χ2v) is 8.81. The van der Waals surface area contributed by atoms with E-state index < -0.39 is 0 Å². The lowest BCUT2D eigenvalue weighted by Gasteiger charge is -2.13. The first kappa shape index (κ1) is 24.6. The third kappa shape index (κ3) is 6.74. The molecule has 0 aliphatic heterocycles. The van der Waals surface area contributed by atoms with Gasteiger partial charge >= 0.3 is 0 Å². The van der Waals surface area contributed by atoms with Crippen molar-refractivity contribution >= 4 is 28.5 Å². The Kier molecular flexibility index (Phi) is 8.58. The Morgan fingerprint density at radius 2 is 1.83 bits per heavy atom. The van der Waals surface area contributed by atoms with Gasteiger partial charge in [0.1, 0.15) is 11.6 Å². The first-order chi connectivity index (χ1) is 17.1. The third-order valence-corrected chi connectivity index (χ3v) is 6.05. The van der Waals surface area contributed by atoms with Gasteiger partial charge in [0.15, 0.2) is 0 Å². The molecule has 0 radical (unpaired) electrons. The van der Waals surface area contributed by atoms with Crippen LogP contribution < -0.4 is 10.1 Å². The summed E-state index contributed by atoms with van der Waals surface area (Å²) in [5.74, 6) is 1.86. The molecular weight excluding hydrogens is 458 g/mol. The van der Waals surface area contributed by atoms with Crippen LogP contribution in [-0.2, 0) is 30.6 Å². The van der Waals surface area contributed by atoms with Gasteiger partial charge in [-0.1, -0.05) is 60.1 Å². The normalized spacial score (nSPS) is 10.9. The number of nitrogens with zero attached hydrogens (tertiary/aromatic N) is 2. The van der Waals surface area contributed by atoms with Gasteiger partial charge in [0.05, 0.1) is 24.1 Å². The highest BCUT2D eigenvalue weighted by atomic mass is 35.5. The number of ether oxygens (including phenoxy) is 1. The van der Waals surface area contributed by atoms with Gasteiger partial charge in [0.25, 0.3) is 0 Å². The number of carbonyl (C=O) groups is 1. The zero-order chi connectivity index (χ0) is 24.5. The molecule has 0 aliphatic rings. The Bertz CT molecular complexity index is 1280. The number of benzene rings is 3. The molecule has 1 heterocycles. The van der Waals surface area contributed by atoms with Crippen LogP contribution in [0.3, 0.4) is 0 Å². The zero-order valence-electron chi connectivity index (χ0n) is 19.8. The molecule has 0 spiro atoms. The largest absolute Gasteiger partial charge is 0.493 e. The summed E-state index contributed by atoms with van der Waals surface area (Å²) < 4.78 is 8.31. The molecule has 5 nitrogen and oxygen atoms in total. The number of carbonyl (C=O) groups excluding carboxylic acids is 1. The van der Waals surface area contributed by atoms with E-state index in [2.05, 4.69) is 28.6 Å². The van der Waals surface area contributed by atoms with Crippen LogP contribution in [0.2, 0.25) is 5.02 Å². The summed E-state index contributed by atoms with van der Waals surface area (Å²) in [6.45, 7) is 5.76. The number of aromatic nitrogens is 2. The summed E-state index contributed by atoms with van der Waals surface area (Å²) in [5.41, 5.74) is 4.15. The van der Waals surface area contributed by atoms with E-state index in [-0.39, 0.29) is 5.91 Å². The summed E-state index contributed by atoms with van der Waals surface area (Å²) >= 11 is 5.92. The van der Waals surface area contributed by atoms with Crippen molar-refractivity contribution in [2.75, 3.05) is 13.2 Å². The number of rotatable bonds is 12. The van der Waals surface area contributed by atoms with Crippen molar-refractivity contribution in [1.82, 2.24) is 14.9 Å². The minimum atomic E-state index is -0.0124. The molecule has 1 amide bonds. The van der Waals surface area contributed by atoms with Crippen LogP contribution >= 0.6 is 11.6 Å². The number of allylic oxidation sites excluding steroid dienone is 1. The van der Waals surface area contributed by atoms with E-state index in [9.17, 15) is 4.79 Å². The minimum Gasteiger partial charge on any atom is -0.493 e. The van der Waals surface area contributed by atoms with Crippen LogP contribution in [0.15, 0.2) is 85.5 Å². The molecule has 0 fully saturated rings. The fourth-order valence-electron chi connectivity index (χ4n) is 4.10. The number of nitrogens with one attached hydrogen (secondary N) is 1. The highest BCUT2D eigenvalue weighted by molar-refractivity contribution is 6.30. The third-order valence-electron chi connectivity index (χ3n) is 5.80. The SMILES string of the molecule is C=CCc1ccccc1OCCCn1c(CCNC(=O)Cc2ccc(Cl)cc2)nc2ccccc21. The predicted molar refractivity (Wildman–Crippen MR) is 142 cm³/mol. The number of aryl methyl sites for hydroxylation is 1. The standard InChI is InChI=1S/C29H30ClN3O2/c1-2-8-23-9-3-6-12-27(23)35-20-7-19-33-26-11-5-4-10-25(26)32-28(33)17-18-31-29(34)21-22-13-15-24(30)16-14-22/h2-6,9-16H,1,7-8,17-21H2,(H,31,34). The van der Waals surface area contributed by atoms with E-state index in [1.165, 1.54) is 0 Å². The Morgan fingerprint density at radius 3 is 2.66 bits per heavy atom. The van der Waals surface area contributed by atoms with Crippen molar-refractivity contribution in [2.24, 2.45) is 0 Å². The number of halogens is 1. The van der Waals surface area contributed by atoms with Crippen LogP contribution in [0.4, 0.5) is 0 Å². The molecular formula is C29H30ClN3O2. The summed E-state index contributed by atoms with van der Waals surface area (Å²) in [7, 11) is 0. The van der Waals surface area contributed by atoms with Crippen molar-refractivity contribution in [3.05, 3.63) is 107 Å². The maximum Gasteiger partial charge on any atom is 0.224 e. The average molecular weight is 488 g/mol. The van der Waals surface area contributed by atoms with Crippen LogP contribution in [0.5, 0.6) is 5.75 Å². The maximum atomic E-state index is 12.4. The van der Waals surface area contributed by atoms with Crippen LogP contribution in [0, 0.1) is 0 Å². The smallest absolute Gasteiger partial charge is 0.224 e. The lowest BCUT2D eigenvalue weighted by Crippen LogP contribution is -2.28. The Morgan fingerprint density at radius 1 is 1.06 bits per heavy atom. The zero-order valence-corrected chi connectivity index (χ0v) is 20.5. The predicted octanol–water partition coefficient (Wildman–Crippen LogP) is 5.79. The first-order valence-electron chi connectivity index (χ1n) is 11.9. The molecule has 1 N–H and O–H groups in total. The van der Waals surface area contributed by atoms with Gasteiger partial charge in [0, 0.05) is 24.5 Å². The van der Waals surface area contributed by atoms with Gasteiger partial charge in [-0.3, -0.25) is 4.79 Å². The van der Waals surface area contributed by atoms with Gasteiger partial charge in [-0.05, 0) is 54.3 Å². The number of para-hydroxylation sites is 3. The number of hydrogen-bond acceptors (Lipinski definition) is 3. The lowest BCUT2D eigenvalue weighted by atomic mass is 10.1. The van der Waals surface area contributed by atoms with E-state index in [0.717, 1.165) is 53.1 Å². The molecule has 0 aliphatic carbocycles. The maximum absolute atomic E-state index is 12.4. The molecule has 3 aromatic carbocycles. The monoisotopic (exact) mass is 487 g/mol. The van der Waals surface area contributed by atoms with E-state index in [1.807, 2.05) is 54.6 Å². The minimum absolute atomic E-state index is 0.0124. The van der Waals surface area contributed by atoms with Gasteiger partial charge < -0.3 is 14.6 Å². The second-order valence-electron chi connectivity index (χ2n) is 8.37. The number of fused-ring (bicyclic) bond motifs is 1. The van der Waals surface area contributed by atoms with E-state index in [0.29, 0.717) is 31.0 Å². The summed E-state index contributed by atoms with van der Waals surface area (Å²) in [6, 6.07) is 23.6. The van der Waals surface area contributed by atoms with Gasteiger partial charge in [-0.25, -0.2) is 4.98 Å². The topological polar surface area (TPSA) is 56.1 Å². The average Bonchev–Trinajstić information content (AvgIpc) is 3.21. The number of amides is 1. The first-order valence-corrected chi connectivity index (χ1v) is 12.3. The summed E-state index contributed by atoms with van der Waals surface area (Å²) in [5, 5.41) is 3.68. The molecule has 35 heavy (non-hydrogen) atoms. The number of hydrogen-bond donors (Lipinski definition) is 1. The van der Waals surface area contributed by atoms with Crippen molar-refractivity contribution in [3.63, 3.8) is 0 Å². The van der Waals surface area contributed by atoms with Crippen molar-refractivity contribution < 1.29 is 9.53 Å². The van der Waals surface area contributed by atoms with E-state index in [1.54, 1.807) is 12.1 Å². The van der Waals surface area contributed by atoms with E-state index >= 15 is 0 Å². The van der Waals surface area contributed by atoms with Crippen molar-refractivity contribution in [2.45, 2.75) is 32.2 Å². The van der Waals surface area contributed by atoms with E-state index in [4.69, 9.17) is 21.3 Å². The Balaban J connectivity index is 1.34. The molecule has 0 saturated heterocycles. The summed E-state index contributed by atoms with van der Waals surface area (Å²) in [6.07, 6.45) is 4.51. The quantitative estimate of drug-likeness (QED) is 0.203. The van der Waals surface area contributed by atoms with Crippen LogP contribution in [-0.4, -0.2) is 28.6 Å². The molecule has 0 atom stereocenters. The molecule has 0 bridgehead atoms. The summed E-state index contributed by atoms with van der Waals surface area (Å²) in [4.78, 5) is 17.2. The van der Waals surface area contributed by atoms with Gasteiger partial charge in [0.2, 0.25) is 5.91 Å². The molecule has 4 aromatic rings. The van der Waals surface area contributed by atoms with Gasteiger partial charge in [-0.15, -0.1) is 6.58 Å². The molecule has 1 aromatic heterocycles. The molecule has 6 heteroatoms. The van der Waals surface area contributed by atoms with Crippen LogP contribution in [0.1, 0.15) is 23.4 Å². The molecule has 4 rings (SSSR count). The lowest BCUT2D eigenvalue weighted by molar-refractivity contribution is -0.120. The molecule has 0 unspecified atom stereocenters. The fourth-order valence-corrected chi connectivity index (χ4v) is 4.23. The number of imidazole rings is 1. The highest BCUT2D eigenvalue weighted by Crippen LogP contribution is 2.20. The van der Waals surface area contributed by atoms with Crippen molar-refractivity contribution in [1.29, 1.82) is 0 Å². The second kappa shape index (κ2) is 12.2. The van der Waals surface area contributed by atoms with Crippen LogP contribution in [0.25, 0.3) is 11.0 Å². The molecule has 180 valence electrons. The van der Waals surface area contributed by atoms with Crippen molar-refractivity contribution in [3.8, 4) is 5.75 Å². The highest BCUT2D eigenvalue weighted by Gasteiger charge is 2.11. The molecule has 0 saturated carbocycles. The Labute approximate surface area is 211 Å². The fraction of sp³-hybridized carbons (Fsp3) is 0.241.